The fourth-order valence-electron chi connectivity index (χ4n) is 2.04. The maximum Gasteiger partial charge on any atom is 0.327 e. The molecule has 0 bridgehead atoms. The lowest BCUT2D eigenvalue weighted by molar-refractivity contribution is -0.142. The predicted molar refractivity (Wildman–Crippen MR) is 65.7 cm³/mol. The number of aromatic amines is 1. The summed E-state index contributed by atoms with van der Waals surface area (Å²) in [5.41, 5.74) is 0. The molecule has 1 amide bonds. The van der Waals surface area contributed by atoms with Crippen LogP contribution in [0.1, 0.15) is 29.8 Å². The summed E-state index contributed by atoms with van der Waals surface area (Å²) in [4.78, 5) is 28.7. The number of carboxylic acid groups (broad SMARTS) is 1. The van der Waals surface area contributed by atoms with Crippen molar-refractivity contribution in [2.24, 2.45) is 0 Å². The molecule has 3 N–H and O–H groups in total. The molecule has 1 atom stereocenters. The molecule has 0 spiro atoms. The van der Waals surface area contributed by atoms with Gasteiger partial charge in [0.15, 0.2) is 0 Å². The van der Waals surface area contributed by atoms with E-state index in [2.05, 4.69) is 20.5 Å². The average Bonchev–Trinajstić information content (AvgIpc) is 2.87. The summed E-state index contributed by atoms with van der Waals surface area (Å²) in [5, 5.41) is 18.6. The number of hydrogen-bond donors (Lipinski definition) is 3. The van der Waals surface area contributed by atoms with Gasteiger partial charge >= 0.3 is 5.97 Å². The fraction of sp³-hybridized carbons (Fsp3) is 0.636. The zero-order valence-corrected chi connectivity index (χ0v) is 10.7. The SMILES string of the molecule is CCCc1nc(C(=O)N2CCNCC2C(=O)O)n[nH]1. The van der Waals surface area contributed by atoms with Gasteiger partial charge in [0.2, 0.25) is 5.82 Å². The molecular weight excluding hydrogens is 250 g/mol. The number of H-pyrrole nitrogens is 1. The molecule has 8 heteroatoms. The maximum absolute atomic E-state index is 12.2. The molecule has 1 aliphatic heterocycles. The Balaban J connectivity index is 2.14. The smallest absolute Gasteiger partial charge is 0.327 e. The van der Waals surface area contributed by atoms with Gasteiger partial charge in [0, 0.05) is 26.1 Å². The first-order valence-corrected chi connectivity index (χ1v) is 6.29. The third kappa shape index (κ3) is 2.90. The average molecular weight is 267 g/mol. The van der Waals surface area contributed by atoms with Crippen molar-refractivity contribution in [3.63, 3.8) is 0 Å². The van der Waals surface area contributed by atoms with Crippen LogP contribution >= 0.6 is 0 Å². The van der Waals surface area contributed by atoms with Crippen LogP contribution in [0.4, 0.5) is 0 Å². The largest absolute Gasteiger partial charge is 0.480 e. The van der Waals surface area contributed by atoms with Gasteiger partial charge in [-0.2, -0.15) is 0 Å². The minimum Gasteiger partial charge on any atom is -0.480 e. The van der Waals surface area contributed by atoms with Gasteiger partial charge in [0.05, 0.1) is 0 Å². The third-order valence-electron chi connectivity index (χ3n) is 3.00. The normalized spacial score (nSPS) is 19.4. The molecule has 104 valence electrons. The highest BCUT2D eigenvalue weighted by Gasteiger charge is 2.34. The van der Waals surface area contributed by atoms with E-state index in [4.69, 9.17) is 5.11 Å². The van der Waals surface area contributed by atoms with E-state index in [1.165, 1.54) is 4.90 Å². The van der Waals surface area contributed by atoms with E-state index >= 15 is 0 Å². The Morgan fingerprint density at radius 3 is 3.00 bits per heavy atom. The summed E-state index contributed by atoms with van der Waals surface area (Å²) in [5.74, 6) is -0.776. The summed E-state index contributed by atoms with van der Waals surface area (Å²) in [6.45, 7) is 3.16. The van der Waals surface area contributed by atoms with Crippen molar-refractivity contribution in [2.75, 3.05) is 19.6 Å². The predicted octanol–water partition coefficient (Wildman–Crippen LogP) is -0.744. The molecule has 19 heavy (non-hydrogen) atoms. The molecule has 1 unspecified atom stereocenters. The number of rotatable bonds is 4. The van der Waals surface area contributed by atoms with E-state index in [1.54, 1.807) is 0 Å². The second-order valence-electron chi connectivity index (χ2n) is 4.41. The topological polar surface area (TPSA) is 111 Å². The summed E-state index contributed by atoms with van der Waals surface area (Å²) in [7, 11) is 0. The van der Waals surface area contributed by atoms with Gasteiger partial charge in [-0.15, -0.1) is 5.10 Å². The van der Waals surface area contributed by atoms with Gasteiger partial charge in [-0.25, -0.2) is 9.78 Å². The monoisotopic (exact) mass is 267 g/mol. The number of aliphatic carboxylic acids is 1. The van der Waals surface area contributed by atoms with Gasteiger partial charge < -0.3 is 15.3 Å². The molecule has 2 heterocycles. The number of piperazine rings is 1. The van der Waals surface area contributed by atoms with Gasteiger partial charge in [0.25, 0.3) is 5.91 Å². The summed E-state index contributed by atoms with van der Waals surface area (Å²) in [6, 6.07) is -0.866. The Hall–Kier alpha value is -1.96. The van der Waals surface area contributed by atoms with Crippen molar-refractivity contribution < 1.29 is 14.7 Å². The number of aromatic nitrogens is 3. The number of hydrogen-bond acceptors (Lipinski definition) is 5. The highest BCUT2D eigenvalue weighted by atomic mass is 16.4. The molecule has 0 aliphatic carbocycles. The quantitative estimate of drug-likeness (QED) is 0.662. The van der Waals surface area contributed by atoms with E-state index in [0.717, 1.165) is 6.42 Å². The summed E-state index contributed by atoms with van der Waals surface area (Å²) in [6.07, 6.45) is 1.61. The van der Waals surface area contributed by atoms with Crippen LogP contribution < -0.4 is 5.32 Å². The molecule has 0 aromatic carbocycles. The number of carbonyl (C=O) groups excluding carboxylic acids is 1. The van der Waals surface area contributed by atoms with Gasteiger partial charge in [-0.1, -0.05) is 6.92 Å². The highest BCUT2D eigenvalue weighted by Crippen LogP contribution is 2.08. The van der Waals surface area contributed by atoms with Crippen LogP contribution in [-0.2, 0) is 11.2 Å². The van der Waals surface area contributed by atoms with Crippen LogP contribution in [0.5, 0.6) is 0 Å². The first-order chi connectivity index (χ1) is 9.13. The first-order valence-electron chi connectivity index (χ1n) is 6.29. The highest BCUT2D eigenvalue weighted by molar-refractivity contribution is 5.93. The van der Waals surface area contributed by atoms with Gasteiger partial charge in [-0.3, -0.25) is 9.89 Å². The number of carboxylic acids is 1. The number of aryl methyl sites for hydroxylation is 1. The zero-order valence-electron chi connectivity index (χ0n) is 10.7. The lowest BCUT2D eigenvalue weighted by Crippen LogP contribution is -2.57. The van der Waals surface area contributed by atoms with Crippen molar-refractivity contribution in [3.05, 3.63) is 11.6 Å². The van der Waals surface area contributed by atoms with E-state index in [9.17, 15) is 9.59 Å². The van der Waals surface area contributed by atoms with Crippen molar-refractivity contribution in [3.8, 4) is 0 Å². The Morgan fingerprint density at radius 1 is 1.53 bits per heavy atom. The summed E-state index contributed by atoms with van der Waals surface area (Å²) < 4.78 is 0. The standard InChI is InChI=1S/C11H17N5O3/c1-2-3-8-13-9(15-14-8)10(17)16-5-4-12-6-7(16)11(18)19/h7,12H,2-6H2,1H3,(H,18,19)(H,13,14,15). The molecule has 2 rings (SSSR count). The van der Waals surface area contributed by atoms with E-state index in [1.807, 2.05) is 6.92 Å². The minimum atomic E-state index is -1.02. The van der Waals surface area contributed by atoms with Crippen LogP contribution in [0.3, 0.4) is 0 Å². The van der Waals surface area contributed by atoms with Crippen LogP contribution in [0, 0.1) is 0 Å². The van der Waals surface area contributed by atoms with Gasteiger partial charge in [0.1, 0.15) is 11.9 Å². The Morgan fingerprint density at radius 2 is 2.32 bits per heavy atom. The zero-order chi connectivity index (χ0) is 13.8. The van der Waals surface area contributed by atoms with Crippen molar-refractivity contribution in [1.82, 2.24) is 25.4 Å². The first kappa shape index (κ1) is 13.5. The van der Waals surface area contributed by atoms with E-state index in [0.29, 0.717) is 25.3 Å². The Bertz CT molecular complexity index is 473. The number of amides is 1. The molecule has 0 radical (unpaired) electrons. The van der Waals surface area contributed by atoms with Crippen LogP contribution in [0.15, 0.2) is 0 Å². The fourth-order valence-corrected chi connectivity index (χ4v) is 2.04. The van der Waals surface area contributed by atoms with E-state index in [-0.39, 0.29) is 12.4 Å². The van der Waals surface area contributed by atoms with E-state index < -0.39 is 17.9 Å². The molecular formula is C11H17N5O3. The third-order valence-corrected chi connectivity index (χ3v) is 3.00. The lowest BCUT2D eigenvalue weighted by atomic mass is 10.2. The second kappa shape index (κ2) is 5.79. The number of nitrogens with one attached hydrogen (secondary N) is 2. The Labute approximate surface area is 110 Å². The van der Waals surface area contributed by atoms with Crippen molar-refractivity contribution in [2.45, 2.75) is 25.8 Å². The van der Waals surface area contributed by atoms with Crippen LogP contribution in [0.25, 0.3) is 0 Å². The molecule has 0 saturated carbocycles. The minimum absolute atomic E-state index is 0.0385. The Kier molecular flexibility index (Phi) is 4.10. The second-order valence-corrected chi connectivity index (χ2v) is 4.41. The number of nitrogens with zero attached hydrogens (tertiary/aromatic N) is 3. The van der Waals surface area contributed by atoms with Crippen LogP contribution in [0.2, 0.25) is 0 Å². The molecule has 1 aromatic heterocycles. The molecule has 1 fully saturated rings. The van der Waals surface area contributed by atoms with Crippen molar-refractivity contribution >= 4 is 11.9 Å². The van der Waals surface area contributed by atoms with Crippen molar-refractivity contribution in [1.29, 1.82) is 0 Å². The molecule has 8 nitrogen and oxygen atoms in total. The lowest BCUT2D eigenvalue weighted by Gasteiger charge is -2.32. The summed E-state index contributed by atoms with van der Waals surface area (Å²) >= 11 is 0. The van der Waals surface area contributed by atoms with Gasteiger partial charge in [-0.05, 0) is 6.42 Å². The number of carbonyl (C=O) groups is 2. The molecule has 1 aromatic rings. The molecule has 1 saturated heterocycles. The molecule has 1 aliphatic rings. The maximum atomic E-state index is 12.2. The van der Waals surface area contributed by atoms with Crippen LogP contribution in [-0.4, -0.2) is 62.7 Å².